The molecule has 2 rings (SSSR count). The Morgan fingerprint density at radius 1 is 1.00 bits per heavy atom. The van der Waals surface area contributed by atoms with Crippen LogP contribution in [0.15, 0.2) is 53.6 Å². The molecule has 142 valence electrons. The molecule has 0 heterocycles. The Labute approximate surface area is 162 Å². The van der Waals surface area contributed by atoms with Gasteiger partial charge in [-0.15, -0.1) is 11.8 Å². The van der Waals surface area contributed by atoms with Crippen molar-refractivity contribution >= 4 is 35.5 Å². The van der Waals surface area contributed by atoms with Crippen molar-refractivity contribution in [2.45, 2.75) is 0 Å². The van der Waals surface area contributed by atoms with Gasteiger partial charge in [-0.25, -0.2) is 5.43 Å². The number of hydrogen-bond donors (Lipinski definition) is 2. The molecule has 2 aromatic rings. The van der Waals surface area contributed by atoms with Crippen molar-refractivity contribution < 1.29 is 19.1 Å². The molecule has 0 radical (unpaired) electrons. The predicted molar refractivity (Wildman–Crippen MR) is 108 cm³/mol. The summed E-state index contributed by atoms with van der Waals surface area (Å²) in [6.45, 7) is 0. The standard InChI is InChI=1S/C19H21N3O4S/c1-25-16-9-8-14(10-17(16)26-2)11-20-22-19(24)13-27-12-18(23)21-15-6-4-3-5-7-15/h3-11H,12-13H2,1-2H3,(H,21,23)(H,22,24). The largest absolute Gasteiger partial charge is 0.493 e. The Morgan fingerprint density at radius 2 is 1.70 bits per heavy atom. The Bertz CT molecular complexity index is 797. The average molecular weight is 387 g/mol. The lowest BCUT2D eigenvalue weighted by atomic mass is 10.2. The van der Waals surface area contributed by atoms with Gasteiger partial charge in [-0.05, 0) is 35.9 Å². The summed E-state index contributed by atoms with van der Waals surface area (Å²) in [4.78, 5) is 23.6. The van der Waals surface area contributed by atoms with Crippen LogP contribution in [0, 0.1) is 0 Å². The molecule has 0 bridgehead atoms. The highest BCUT2D eigenvalue weighted by atomic mass is 32.2. The van der Waals surface area contributed by atoms with Crippen LogP contribution in [0.1, 0.15) is 5.56 Å². The van der Waals surface area contributed by atoms with E-state index in [0.717, 1.165) is 11.3 Å². The molecule has 0 atom stereocenters. The van der Waals surface area contributed by atoms with Crippen molar-refractivity contribution in [1.29, 1.82) is 0 Å². The molecule has 27 heavy (non-hydrogen) atoms. The molecule has 2 aromatic carbocycles. The van der Waals surface area contributed by atoms with E-state index >= 15 is 0 Å². The molecule has 0 aliphatic carbocycles. The maximum atomic E-state index is 11.8. The third-order valence-corrected chi connectivity index (χ3v) is 4.27. The topological polar surface area (TPSA) is 89.0 Å². The number of nitrogens with zero attached hydrogens (tertiary/aromatic N) is 1. The van der Waals surface area contributed by atoms with Gasteiger partial charge in [0.2, 0.25) is 11.8 Å². The Hall–Kier alpha value is -3.00. The summed E-state index contributed by atoms with van der Waals surface area (Å²) in [5.41, 5.74) is 3.91. The second-order valence-corrected chi connectivity index (χ2v) is 6.30. The number of nitrogens with one attached hydrogen (secondary N) is 2. The minimum Gasteiger partial charge on any atom is -0.493 e. The van der Waals surface area contributed by atoms with Crippen molar-refractivity contribution in [2.24, 2.45) is 5.10 Å². The molecule has 0 spiro atoms. The minimum atomic E-state index is -0.288. The van der Waals surface area contributed by atoms with E-state index in [-0.39, 0.29) is 23.3 Å². The van der Waals surface area contributed by atoms with Gasteiger partial charge in [-0.3, -0.25) is 9.59 Å². The van der Waals surface area contributed by atoms with Crippen LogP contribution in [0.2, 0.25) is 0 Å². The molecule has 0 aliphatic heterocycles. The number of rotatable bonds is 9. The molecule has 8 heteroatoms. The quantitative estimate of drug-likeness (QED) is 0.510. The van der Waals surface area contributed by atoms with E-state index in [1.165, 1.54) is 18.0 Å². The first kappa shape index (κ1) is 20.3. The third-order valence-electron chi connectivity index (χ3n) is 3.33. The van der Waals surface area contributed by atoms with Gasteiger partial charge < -0.3 is 14.8 Å². The highest BCUT2D eigenvalue weighted by molar-refractivity contribution is 8.00. The van der Waals surface area contributed by atoms with Crippen LogP contribution < -0.4 is 20.2 Å². The summed E-state index contributed by atoms with van der Waals surface area (Å²) >= 11 is 1.21. The van der Waals surface area contributed by atoms with E-state index in [1.807, 2.05) is 18.2 Å². The van der Waals surface area contributed by atoms with Crippen molar-refractivity contribution in [3.05, 3.63) is 54.1 Å². The maximum Gasteiger partial charge on any atom is 0.250 e. The fraction of sp³-hybridized carbons (Fsp3) is 0.211. The molecular weight excluding hydrogens is 366 g/mol. The number of methoxy groups -OCH3 is 2. The SMILES string of the molecule is COc1ccc(C=NNC(=O)CSCC(=O)Nc2ccccc2)cc1OC. The number of para-hydroxylation sites is 1. The molecule has 0 unspecified atom stereocenters. The Balaban J connectivity index is 1.71. The molecule has 0 fully saturated rings. The number of thioether (sulfide) groups is 1. The minimum absolute atomic E-state index is 0.130. The van der Waals surface area contributed by atoms with Crippen LogP contribution in [-0.4, -0.2) is 43.8 Å². The van der Waals surface area contributed by atoms with Gasteiger partial charge in [0.1, 0.15) is 0 Å². The normalized spacial score (nSPS) is 10.4. The monoisotopic (exact) mass is 387 g/mol. The maximum absolute atomic E-state index is 11.8. The van der Waals surface area contributed by atoms with Gasteiger partial charge >= 0.3 is 0 Å². The van der Waals surface area contributed by atoms with Gasteiger partial charge in [0, 0.05) is 5.69 Å². The number of carbonyl (C=O) groups excluding carboxylic acids is 2. The van der Waals surface area contributed by atoms with E-state index in [0.29, 0.717) is 11.5 Å². The first-order valence-corrected chi connectivity index (χ1v) is 9.24. The van der Waals surface area contributed by atoms with E-state index in [2.05, 4.69) is 15.8 Å². The van der Waals surface area contributed by atoms with Crippen LogP contribution in [0.3, 0.4) is 0 Å². The highest BCUT2D eigenvalue weighted by Gasteiger charge is 2.06. The number of carbonyl (C=O) groups is 2. The van der Waals surface area contributed by atoms with Crippen LogP contribution in [0.4, 0.5) is 5.69 Å². The van der Waals surface area contributed by atoms with E-state index < -0.39 is 0 Å². The zero-order valence-electron chi connectivity index (χ0n) is 15.1. The van der Waals surface area contributed by atoms with Gasteiger partial charge in [-0.1, -0.05) is 18.2 Å². The summed E-state index contributed by atoms with van der Waals surface area (Å²) in [6.07, 6.45) is 1.51. The first-order chi connectivity index (χ1) is 13.1. The van der Waals surface area contributed by atoms with Gasteiger partial charge in [0.25, 0.3) is 0 Å². The molecule has 0 saturated heterocycles. The second kappa shape index (κ2) is 10.9. The van der Waals surface area contributed by atoms with Gasteiger partial charge in [0.05, 0.1) is 31.9 Å². The number of ether oxygens (including phenoxy) is 2. The number of hydrogen-bond acceptors (Lipinski definition) is 6. The number of anilines is 1. The van der Waals surface area contributed by atoms with Crippen LogP contribution in [-0.2, 0) is 9.59 Å². The van der Waals surface area contributed by atoms with Crippen molar-refractivity contribution in [2.75, 3.05) is 31.0 Å². The van der Waals surface area contributed by atoms with E-state index in [4.69, 9.17) is 9.47 Å². The van der Waals surface area contributed by atoms with Crippen LogP contribution in [0.5, 0.6) is 11.5 Å². The highest BCUT2D eigenvalue weighted by Crippen LogP contribution is 2.26. The van der Waals surface area contributed by atoms with Crippen LogP contribution in [0.25, 0.3) is 0 Å². The summed E-state index contributed by atoms with van der Waals surface area (Å²) in [5.74, 6) is 1.06. The van der Waals surface area contributed by atoms with Crippen molar-refractivity contribution in [3.8, 4) is 11.5 Å². The van der Waals surface area contributed by atoms with Crippen LogP contribution >= 0.6 is 11.8 Å². The zero-order valence-corrected chi connectivity index (χ0v) is 15.9. The third kappa shape index (κ3) is 7.02. The summed E-state index contributed by atoms with van der Waals surface area (Å²) < 4.78 is 10.4. The molecule has 0 aliphatic rings. The molecular formula is C19H21N3O4S. The Kier molecular flexibility index (Phi) is 8.18. The fourth-order valence-electron chi connectivity index (χ4n) is 2.10. The smallest absolute Gasteiger partial charge is 0.250 e. The van der Waals surface area contributed by atoms with Gasteiger partial charge in [-0.2, -0.15) is 5.10 Å². The molecule has 2 amide bonds. The van der Waals surface area contributed by atoms with E-state index in [9.17, 15) is 9.59 Å². The number of benzene rings is 2. The fourth-order valence-corrected chi connectivity index (χ4v) is 2.71. The molecule has 2 N–H and O–H groups in total. The Morgan fingerprint density at radius 3 is 2.41 bits per heavy atom. The average Bonchev–Trinajstić information content (AvgIpc) is 2.68. The molecule has 0 aromatic heterocycles. The predicted octanol–water partition coefficient (Wildman–Crippen LogP) is 2.53. The second-order valence-electron chi connectivity index (χ2n) is 5.31. The first-order valence-electron chi connectivity index (χ1n) is 8.09. The lowest BCUT2D eigenvalue weighted by molar-refractivity contribution is -0.118. The van der Waals surface area contributed by atoms with Gasteiger partial charge in [0.15, 0.2) is 11.5 Å². The lowest BCUT2D eigenvalue weighted by Crippen LogP contribution is -2.21. The number of hydrazone groups is 1. The lowest BCUT2D eigenvalue weighted by Gasteiger charge is -2.07. The van der Waals surface area contributed by atoms with E-state index in [1.54, 1.807) is 44.6 Å². The zero-order chi connectivity index (χ0) is 19.5. The van der Waals surface area contributed by atoms with Crippen molar-refractivity contribution in [1.82, 2.24) is 5.43 Å². The summed E-state index contributed by atoms with van der Waals surface area (Å²) in [7, 11) is 3.11. The number of amides is 2. The molecule has 0 saturated carbocycles. The summed E-state index contributed by atoms with van der Waals surface area (Å²) in [6, 6.07) is 14.5. The summed E-state index contributed by atoms with van der Waals surface area (Å²) in [5, 5.41) is 6.66. The van der Waals surface area contributed by atoms with Crippen molar-refractivity contribution in [3.63, 3.8) is 0 Å². The molecule has 7 nitrogen and oxygen atoms in total.